The molecule has 4 aromatic rings. The summed E-state index contributed by atoms with van der Waals surface area (Å²) in [5.74, 6) is 0.432. The quantitative estimate of drug-likeness (QED) is 0.400. The van der Waals surface area contributed by atoms with Crippen LogP contribution in [0, 0.1) is 0 Å². The van der Waals surface area contributed by atoms with Gasteiger partial charge in [0, 0.05) is 11.4 Å². The largest absolute Gasteiger partial charge is 0.467 e. The van der Waals surface area contributed by atoms with Gasteiger partial charge in [0.15, 0.2) is 0 Å². The number of hydrogen-bond donors (Lipinski definition) is 3. The minimum Gasteiger partial charge on any atom is -0.467 e. The van der Waals surface area contributed by atoms with Gasteiger partial charge in [0.1, 0.15) is 5.76 Å². The normalized spacial score (nSPS) is 10.5. The lowest BCUT2D eigenvalue weighted by Gasteiger charge is -2.10. The smallest absolute Gasteiger partial charge is 0.319 e. The van der Waals surface area contributed by atoms with Crippen molar-refractivity contribution in [2.45, 2.75) is 19.9 Å². The van der Waals surface area contributed by atoms with Gasteiger partial charge in [-0.3, -0.25) is 4.79 Å². The van der Waals surface area contributed by atoms with Gasteiger partial charge in [-0.2, -0.15) is 5.10 Å². The number of carbonyl (C=O) groups excluding carboxylic acids is 2. The fourth-order valence-electron chi connectivity index (χ4n) is 3.29. The van der Waals surface area contributed by atoms with E-state index in [0.717, 1.165) is 11.4 Å². The summed E-state index contributed by atoms with van der Waals surface area (Å²) in [5, 5.41) is 12.7. The number of nitrogens with zero attached hydrogens (tertiary/aromatic N) is 2. The zero-order chi connectivity index (χ0) is 22.3. The van der Waals surface area contributed by atoms with Crippen molar-refractivity contribution in [3.63, 3.8) is 0 Å². The van der Waals surface area contributed by atoms with Crippen molar-refractivity contribution in [1.82, 2.24) is 15.1 Å². The van der Waals surface area contributed by atoms with Gasteiger partial charge in [0.2, 0.25) is 0 Å². The van der Waals surface area contributed by atoms with Crippen molar-refractivity contribution >= 4 is 23.3 Å². The van der Waals surface area contributed by atoms with E-state index in [2.05, 4.69) is 21.0 Å². The van der Waals surface area contributed by atoms with Crippen LogP contribution in [0.4, 0.5) is 16.2 Å². The Labute approximate surface area is 185 Å². The molecule has 4 rings (SSSR count). The summed E-state index contributed by atoms with van der Waals surface area (Å²) >= 11 is 0. The number of rotatable bonds is 7. The van der Waals surface area contributed by atoms with Crippen molar-refractivity contribution < 1.29 is 14.0 Å². The van der Waals surface area contributed by atoms with Crippen molar-refractivity contribution in [2.75, 3.05) is 10.6 Å². The zero-order valence-electron chi connectivity index (χ0n) is 17.5. The molecule has 162 valence electrons. The predicted molar refractivity (Wildman–Crippen MR) is 122 cm³/mol. The van der Waals surface area contributed by atoms with E-state index < -0.39 is 0 Å². The maximum atomic E-state index is 12.8. The van der Waals surface area contributed by atoms with Crippen molar-refractivity contribution in [3.05, 3.63) is 96.2 Å². The SMILES string of the molecule is CCc1c(C(=O)Nc2ccc(NC(=O)NCc3ccco3)cc2)cnn1-c1ccccc1. The molecule has 0 aliphatic carbocycles. The Hall–Kier alpha value is -4.33. The Bertz CT molecular complexity index is 1180. The topological polar surface area (TPSA) is 101 Å². The van der Waals surface area contributed by atoms with Crippen LogP contribution in [0.3, 0.4) is 0 Å². The highest BCUT2D eigenvalue weighted by Crippen LogP contribution is 2.19. The van der Waals surface area contributed by atoms with Crippen LogP contribution < -0.4 is 16.0 Å². The summed E-state index contributed by atoms with van der Waals surface area (Å²) in [6.07, 6.45) is 3.80. The number of nitrogens with one attached hydrogen (secondary N) is 3. The van der Waals surface area contributed by atoms with E-state index in [1.165, 1.54) is 0 Å². The standard InChI is InChI=1S/C24H23N5O3/c1-2-22-21(16-26-29(22)19-7-4-3-5-8-19)23(30)27-17-10-12-18(13-11-17)28-24(31)25-15-20-9-6-14-32-20/h3-14,16H,2,15H2,1H3,(H,27,30)(H2,25,28,31). The molecule has 0 saturated carbocycles. The minimum atomic E-state index is -0.348. The molecule has 0 fully saturated rings. The molecule has 0 spiro atoms. The second kappa shape index (κ2) is 9.65. The fourth-order valence-corrected chi connectivity index (χ4v) is 3.29. The average molecular weight is 429 g/mol. The molecule has 0 radical (unpaired) electrons. The molecule has 32 heavy (non-hydrogen) atoms. The average Bonchev–Trinajstić information content (AvgIpc) is 3.49. The molecule has 8 heteroatoms. The van der Waals surface area contributed by atoms with Gasteiger partial charge < -0.3 is 20.4 Å². The van der Waals surface area contributed by atoms with Gasteiger partial charge in [0.05, 0.1) is 35.9 Å². The number of carbonyl (C=O) groups is 2. The van der Waals surface area contributed by atoms with Crippen LogP contribution in [-0.2, 0) is 13.0 Å². The van der Waals surface area contributed by atoms with Crippen molar-refractivity contribution in [2.24, 2.45) is 0 Å². The second-order valence-corrected chi connectivity index (χ2v) is 7.02. The number of anilines is 2. The number of furan rings is 1. The Kier molecular flexibility index (Phi) is 6.31. The van der Waals surface area contributed by atoms with Crippen LogP contribution in [0.1, 0.15) is 28.7 Å². The maximum absolute atomic E-state index is 12.8. The van der Waals surface area contributed by atoms with Crippen molar-refractivity contribution in [1.29, 1.82) is 0 Å². The summed E-state index contributed by atoms with van der Waals surface area (Å²) in [5.41, 5.74) is 3.48. The summed E-state index contributed by atoms with van der Waals surface area (Å²) in [7, 11) is 0. The molecule has 0 atom stereocenters. The van der Waals surface area contributed by atoms with Crippen LogP contribution in [0.2, 0.25) is 0 Å². The lowest BCUT2D eigenvalue weighted by atomic mass is 10.1. The van der Waals surface area contributed by atoms with E-state index >= 15 is 0 Å². The summed E-state index contributed by atoms with van der Waals surface area (Å²) in [6.45, 7) is 2.29. The Balaban J connectivity index is 1.38. The van der Waals surface area contributed by atoms with E-state index in [4.69, 9.17) is 4.42 Å². The lowest BCUT2D eigenvalue weighted by Crippen LogP contribution is -2.27. The summed E-state index contributed by atoms with van der Waals surface area (Å²) in [6, 6.07) is 19.8. The summed E-state index contributed by atoms with van der Waals surface area (Å²) < 4.78 is 6.96. The first-order valence-electron chi connectivity index (χ1n) is 10.2. The first-order chi connectivity index (χ1) is 15.6. The number of para-hydroxylation sites is 1. The zero-order valence-corrected chi connectivity index (χ0v) is 17.5. The molecule has 3 amide bonds. The van der Waals surface area contributed by atoms with Gasteiger partial charge in [-0.05, 0) is 55.0 Å². The van der Waals surface area contributed by atoms with E-state index in [1.807, 2.05) is 37.3 Å². The first-order valence-corrected chi connectivity index (χ1v) is 10.2. The molecule has 0 bridgehead atoms. The van der Waals surface area contributed by atoms with E-state index in [0.29, 0.717) is 35.7 Å². The van der Waals surface area contributed by atoms with Crippen LogP contribution in [0.5, 0.6) is 0 Å². The third-order valence-corrected chi connectivity index (χ3v) is 4.85. The Morgan fingerprint density at radius 1 is 0.938 bits per heavy atom. The van der Waals surface area contributed by atoms with Gasteiger partial charge >= 0.3 is 6.03 Å². The highest BCUT2D eigenvalue weighted by molar-refractivity contribution is 6.05. The molecule has 3 N–H and O–H groups in total. The fraction of sp³-hybridized carbons (Fsp3) is 0.125. The van der Waals surface area contributed by atoms with E-state index in [1.54, 1.807) is 53.5 Å². The van der Waals surface area contributed by atoms with Crippen LogP contribution in [0.25, 0.3) is 5.69 Å². The van der Waals surface area contributed by atoms with Crippen LogP contribution in [0.15, 0.2) is 83.6 Å². The monoisotopic (exact) mass is 429 g/mol. The molecule has 2 aromatic carbocycles. The number of hydrogen-bond acceptors (Lipinski definition) is 4. The highest BCUT2D eigenvalue weighted by Gasteiger charge is 2.17. The van der Waals surface area contributed by atoms with E-state index in [9.17, 15) is 9.59 Å². The van der Waals surface area contributed by atoms with E-state index in [-0.39, 0.29) is 11.9 Å². The molecule has 0 aliphatic rings. The molecule has 0 unspecified atom stereocenters. The molecule has 8 nitrogen and oxygen atoms in total. The second-order valence-electron chi connectivity index (χ2n) is 7.02. The molecular weight excluding hydrogens is 406 g/mol. The first kappa shape index (κ1) is 20.9. The van der Waals surface area contributed by atoms with Gasteiger partial charge in [-0.25, -0.2) is 9.48 Å². The third kappa shape index (κ3) is 4.86. The van der Waals surface area contributed by atoms with Gasteiger partial charge in [-0.1, -0.05) is 25.1 Å². The molecule has 2 aromatic heterocycles. The van der Waals surface area contributed by atoms with Crippen LogP contribution in [-0.4, -0.2) is 21.7 Å². The van der Waals surface area contributed by atoms with Gasteiger partial charge in [0.25, 0.3) is 5.91 Å². The number of amides is 3. The highest BCUT2D eigenvalue weighted by atomic mass is 16.3. The Morgan fingerprint density at radius 3 is 2.31 bits per heavy atom. The molecular formula is C24H23N5O3. The Morgan fingerprint density at radius 2 is 1.66 bits per heavy atom. The number of aromatic nitrogens is 2. The molecule has 0 saturated heterocycles. The predicted octanol–water partition coefficient (Wildman–Crippen LogP) is 4.60. The third-order valence-electron chi connectivity index (χ3n) is 4.85. The molecule has 0 aliphatic heterocycles. The van der Waals surface area contributed by atoms with Crippen LogP contribution >= 0.6 is 0 Å². The lowest BCUT2D eigenvalue weighted by molar-refractivity contribution is 0.102. The number of benzene rings is 2. The van der Waals surface area contributed by atoms with Crippen molar-refractivity contribution in [3.8, 4) is 5.69 Å². The number of urea groups is 1. The summed E-state index contributed by atoms with van der Waals surface area (Å²) in [4.78, 5) is 24.8. The molecule has 2 heterocycles. The maximum Gasteiger partial charge on any atom is 0.319 e. The van der Waals surface area contributed by atoms with Gasteiger partial charge in [-0.15, -0.1) is 0 Å². The minimum absolute atomic E-state index is 0.235.